The fraction of sp³-hybridized carbons (Fsp3) is 0.455. The number of aromatic nitrogens is 1. The van der Waals surface area contributed by atoms with Gasteiger partial charge >= 0.3 is 0 Å². The van der Waals surface area contributed by atoms with Crippen molar-refractivity contribution in [3.63, 3.8) is 0 Å². The SMILES string of the molecule is CC(C)(CN)C(=O)Cc1cncc(Br)c1. The Labute approximate surface area is 98.2 Å². The Bertz CT molecular complexity index is 363. The lowest BCUT2D eigenvalue weighted by Gasteiger charge is -2.20. The second-order valence-corrected chi connectivity index (χ2v) is 5.12. The van der Waals surface area contributed by atoms with Crippen LogP contribution in [0.5, 0.6) is 0 Å². The lowest BCUT2D eigenvalue weighted by Crippen LogP contribution is -2.33. The van der Waals surface area contributed by atoms with Gasteiger partial charge in [0.15, 0.2) is 0 Å². The van der Waals surface area contributed by atoms with Crippen molar-refractivity contribution < 1.29 is 4.79 Å². The van der Waals surface area contributed by atoms with E-state index < -0.39 is 5.41 Å². The van der Waals surface area contributed by atoms with Crippen LogP contribution in [0.15, 0.2) is 22.9 Å². The average molecular weight is 271 g/mol. The minimum absolute atomic E-state index is 0.143. The van der Waals surface area contributed by atoms with E-state index in [0.29, 0.717) is 13.0 Å². The fourth-order valence-corrected chi connectivity index (χ4v) is 1.50. The summed E-state index contributed by atoms with van der Waals surface area (Å²) in [6, 6.07) is 1.90. The van der Waals surface area contributed by atoms with E-state index in [-0.39, 0.29) is 5.78 Å². The zero-order valence-electron chi connectivity index (χ0n) is 8.96. The van der Waals surface area contributed by atoms with Gasteiger partial charge < -0.3 is 5.73 Å². The first-order valence-corrected chi connectivity index (χ1v) is 5.58. The molecular formula is C11H15BrN2O. The Balaban J connectivity index is 2.75. The van der Waals surface area contributed by atoms with Crippen molar-refractivity contribution in [3.05, 3.63) is 28.5 Å². The summed E-state index contributed by atoms with van der Waals surface area (Å²) in [5, 5.41) is 0. The number of nitrogens with two attached hydrogens (primary N) is 1. The lowest BCUT2D eigenvalue weighted by atomic mass is 9.85. The molecule has 1 aromatic rings. The van der Waals surface area contributed by atoms with Crippen molar-refractivity contribution in [2.24, 2.45) is 11.1 Å². The van der Waals surface area contributed by atoms with Gasteiger partial charge in [0.05, 0.1) is 0 Å². The van der Waals surface area contributed by atoms with Gasteiger partial charge in [-0.2, -0.15) is 0 Å². The highest BCUT2D eigenvalue weighted by Crippen LogP contribution is 2.18. The van der Waals surface area contributed by atoms with E-state index in [0.717, 1.165) is 10.0 Å². The summed E-state index contributed by atoms with van der Waals surface area (Å²) in [5.74, 6) is 0.143. The van der Waals surface area contributed by atoms with E-state index in [1.165, 1.54) is 0 Å². The molecule has 0 aliphatic heterocycles. The summed E-state index contributed by atoms with van der Waals surface area (Å²) >= 11 is 3.32. The molecule has 0 fully saturated rings. The number of halogens is 1. The van der Waals surface area contributed by atoms with Crippen molar-refractivity contribution in [3.8, 4) is 0 Å². The monoisotopic (exact) mass is 270 g/mol. The molecule has 15 heavy (non-hydrogen) atoms. The molecule has 1 heterocycles. The van der Waals surface area contributed by atoms with E-state index in [1.807, 2.05) is 19.9 Å². The van der Waals surface area contributed by atoms with Gasteiger partial charge in [0, 0.05) is 35.2 Å². The third kappa shape index (κ3) is 3.39. The van der Waals surface area contributed by atoms with Gasteiger partial charge in [0.1, 0.15) is 5.78 Å². The number of nitrogens with zero attached hydrogens (tertiary/aromatic N) is 1. The van der Waals surface area contributed by atoms with Crippen molar-refractivity contribution in [1.29, 1.82) is 0 Å². The molecule has 1 rings (SSSR count). The van der Waals surface area contributed by atoms with Crippen molar-refractivity contribution >= 4 is 21.7 Å². The second-order valence-electron chi connectivity index (χ2n) is 4.20. The van der Waals surface area contributed by atoms with Gasteiger partial charge in [-0.25, -0.2) is 0 Å². The first-order chi connectivity index (χ1) is 6.95. The summed E-state index contributed by atoms with van der Waals surface area (Å²) in [7, 11) is 0. The molecule has 0 bridgehead atoms. The molecule has 82 valence electrons. The van der Waals surface area contributed by atoms with Gasteiger partial charge in [0.25, 0.3) is 0 Å². The van der Waals surface area contributed by atoms with Crippen LogP contribution in [-0.2, 0) is 11.2 Å². The maximum Gasteiger partial charge on any atom is 0.144 e. The highest BCUT2D eigenvalue weighted by molar-refractivity contribution is 9.10. The topological polar surface area (TPSA) is 56.0 Å². The van der Waals surface area contributed by atoms with Crippen molar-refractivity contribution in [2.45, 2.75) is 20.3 Å². The van der Waals surface area contributed by atoms with Gasteiger partial charge in [-0.3, -0.25) is 9.78 Å². The number of pyridine rings is 1. The van der Waals surface area contributed by atoms with Crippen LogP contribution < -0.4 is 5.73 Å². The van der Waals surface area contributed by atoms with Crippen LogP contribution in [0.2, 0.25) is 0 Å². The molecule has 0 atom stereocenters. The smallest absolute Gasteiger partial charge is 0.144 e. The fourth-order valence-electron chi connectivity index (χ4n) is 1.09. The van der Waals surface area contributed by atoms with Gasteiger partial charge in [-0.15, -0.1) is 0 Å². The first kappa shape index (κ1) is 12.3. The Hall–Kier alpha value is -0.740. The standard InChI is InChI=1S/C11H15BrN2O/c1-11(2,7-13)10(15)4-8-3-9(12)6-14-5-8/h3,5-6H,4,7,13H2,1-2H3. The second kappa shape index (κ2) is 4.86. The molecule has 0 aliphatic carbocycles. The molecule has 0 unspecified atom stereocenters. The number of carbonyl (C=O) groups is 1. The van der Waals surface area contributed by atoms with E-state index in [1.54, 1.807) is 12.4 Å². The molecule has 0 radical (unpaired) electrons. The average Bonchev–Trinajstić information content (AvgIpc) is 2.17. The maximum atomic E-state index is 11.9. The number of ketones is 1. The number of hydrogen-bond donors (Lipinski definition) is 1. The Kier molecular flexibility index (Phi) is 3.99. The van der Waals surface area contributed by atoms with Crippen molar-refractivity contribution in [2.75, 3.05) is 6.54 Å². The van der Waals surface area contributed by atoms with Gasteiger partial charge in [0.2, 0.25) is 0 Å². The van der Waals surface area contributed by atoms with E-state index in [9.17, 15) is 4.79 Å². The van der Waals surface area contributed by atoms with Crippen LogP contribution in [-0.4, -0.2) is 17.3 Å². The molecule has 0 saturated carbocycles. The van der Waals surface area contributed by atoms with Crippen molar-refractivity contribution in [1.82, 2.24) is 4.98 Å². The number of carbonyl (C=O) groups excluding carboxylic acids is 1. The minimum atomic E-state index is -0.456. The molecule has 0 aliphatic rings. The summed E-state index contributed by atoms with van der Waals surface area (Å²) in [6.07, 6.45) is 3.79. The van der Waals surface area contributed by atoms with Crippen LogP contribution in [0, 0.1) is 5.41 Å². The quantitative estimate of drug-likeness (QED) is 0.910. The summed E-state index contributed by atoms with van der Waals surface area (Å²) in [5.41, 5.74) is 6.00. The summed E-state index contributed by atoms with van der Waals surface area (Å²) in [6.45, 7) is 4.09. The number of Topliss-reactive ketones (excluding diaryl/α,β-unsaturated/α-hetero) is 1. The van der Waals surface area contributed by atoms with Crippen LogP contribution in [0.3, 0.4) is 0 Å². The Morgan fingerprint density at radius 2 is 2.20 bits per heavy atom. The van der Waals surface area contributed by atoms with Crippen LogP contribution in [0.1, 0.15) is 19.4 Å². The number of hydrogen-bond acceptors (Lipinski definition) is 3. The largest absolute Gasteiger partial charge is 0.329 e. The molecule has 4 heteroatoms. The van der Waals surface area contributed by atoms with Gasteiger partial charge in [-0.05, 0) is 27.6 Å². The normalized spacial score (nSPS) is 11.5. The number of rotatable bonds is 4. The predicted octanol–water partition coefficient (Wildman–Crippen LogP) is 1.94. The van der Waals surface area contributed by atoms with Gasteiger partial charge in [-0.1, -0.05) is 13.8 Å². The predicted molar refractivity (Wildman–Crippen MR) is 63.5 cm³/mol. The molecular weight excluding hydrogens is 256 g/mol. The Morgan fingerprint density at radius 3 is 2.73 bits per heavy atom. The molecule has 2 N–H and O–H groups in total. The molecule has 0 spiro atoms. The van der Waals surface area contributed by atoms with E-state index in [2.05, 4.69) is 20.9 Å². The molecule has 3 nitrogen and oxygen atoms in total. The van der Waals surface area contributed by atoms with Crippen LogP contribution >= 0.6 is 15.9 Å². The third-order valence-electron chi connectivity index (χ3n) is 2.39. The Morgan fingerprint density at radius 1 is 1.53 bits per heavy atom. The zero-order chi connectivity index (χ0) is 11.5. The summed E-state index contributed by atoms with van der Waals surface area (Å²) in [4.78, 5) is 15.9. The van der Waals surface area contributed by atoms with Crippen LogP contribution in [0.25, 0.3) is 0 Å². The highest BCUT2D eigenvalue weighted by atomic mass is 79.9. The minimum Gasteiger partial charge on any atom is -0.329 e. The third-order valence-corrected chi connectivity index (χ3v) is 2.83. The maximum absolute atomic E-state index is 11.9. The molecule has 0 saturated heterocycles. The molecule has 1 aromatic heterocycles. The summed E-state index contributed by atoms with van der Waals surface area (Å²) < 4.78 is 0.887. The highest BCUT2D eigenvalue weighted by Gasteiger charge is 2.25. The van der Waals surface area contributed by atoms with E-state index >= 15 is 0 Å². The van der Waals surface area contributed by atoms with Crippen LogP contribution in [0.4, 0.5) is 0 Å². The lowest BCUT2D eigenvalue weighted by molar-refractivity contribution is -0.125. The molecule has 0 amide bonds. The zero-order valence-corrected chi connectivity index (χ0v) is 10.5. The molecule has 0 aromatic carbocycles. The van der Waals surface area contributed by atoms with E-state index in [4.69, 9.17) is 5.73 Å². The first-order valence-electron chi connectivity index (χ1n) is 4.78.